The second-order valence-corrected chi connectivity index (χ2v) is 13.8. The molecule has 49 heavy (non-hydrogen) atoms. The van der Waals surface area contributed by atoms with Crippen LogP contribution in [0.3, 0.4) is 0 Å². The first-order valence-electron chi connectivity index (χ1n) is 16.3. The Kier molecular flexibility index (Phi) is 14.8. The summed E-state index contributed by atoms with van der Waals surface area (Å²) < 4.78 is 24.6. The summed E-state index contributed by atoms with van der Waals surface area (Å²) in [5.41, 5.74) is 0.766. The van der Waals surface area contributed by atoms with E-state index < -0.39 is 30.1 Å². The Morgan fingerprint density at radius 1 is 0.796 bits per heavy atom. The molecule has 0 spiro atoms. The van der Waals surface area contributed by atoms with Crippen molar-refractivity contribution in [2.75, 3.05) is 6.61 Å². The van der Waals surface area contributed by atoms with Gasteiger partial charge in [0.15, 0.2) is 12.4 Å². The van der Waals surface area contributed by atoms with Crippen molar-refractivity contribution in [3.05, 3.63) is 123 Å². The number of allylic oxidation sites excluding steroid dienone is 2. The van der Waals surface area contributed by atoms with Crippen LogP contribution in [0.5, 0.6) is 5.75 Å². The number of para-hydroxylation sites is 1. The lowest BCUT2D eigenvalue weighted by Crippen LogP contribution is -2.26. The predicted molar refractivity (Wildman–Crippen MR) is 193 cm³/mol. The highest BCUT2D eigenvalue weighted by Crippen LogP contribution is 2.41. The van der Waals surface area contributed by atoms with Crippen molar-refractivity contribution >= 4 is 55.6 Å². The Hall–Kier alpha value is -4.02. The smallest absolute Gasteiger partial charge is 0.338 e. The average Bonchev–Trinajstić information content (AvgIpc) is 3.39. The van der Waals surface area contributed by atoms with Gasteiger partial charge in [0.05, 0.1) is 17.2 Å². The lowest BCUT2D eigenvalue weighted by molar-refractivity contribution is -0.147. The molecule has 0 heterocycles. The highest BCUT2D eigenvalue weighted by atomic mass is 79.9. The third kappa shape index (κ3) is 12.4. The van der Waals surface area contributed by atoms with Gasteiger partial charge in [0.25, 0.3) is 0 Å². The summed E-state index contributed by atoms with van der Waals surface area (Å²) in [6.45, 7) is 3.47. The molecule has 4 atom stereocenters. The van der Waals surface area contributed by atoms with E-state index in [2.05, 4.69) is 31.9 Å². The molecule has 1 aliphatic carbocycles. The van der Waals surface area contributed by atoms with Gasteiger partial charge in [0, 0.05) is 33.6 Å². The molecule has 0 radical (unpaired) electrons. The van der Waals surface area contributed by atoms with E-state index in [1.54, 1.807) is 66.7 Å². The van der Waals surface area contributed by atoms with Gasteiger partial charge in [0.1, 0.15) is 18.0 Å². The first kappa shape index (κ1) is 37.8. The summed E-state index contributed by atoms with van der Waals surface area (Å²) >= 11 is 6.78. The van der Waals surface area contributed by atoms with Crippen molar-refractivity contribution < 1.29 is 38.1 Å². The molecule has 0 N–H and O–H groups in total. The lowest BCUT2D eigenvalue weighted by Gasteiger charge is -2.23. The number of benzene rings is 3. The van der Waals surface area contributed by atoms with Crippen LogP contribution in [-0.2, 0) is 23.8 Å². The van der Waals surface area contributed by atoms with Gasteiger partial charge < -0.3 is 18.9 Å². The molecule has 1 aliphatic rings. The zero-order chi connectivity index (χ0) is 35.2. The molecule has 1 fully saturated rings. The van der Waals surface area contributed by atoms with Gasteiger partial charge in [0.2, 0.25) is 0 Å². The highest BCUT2D eigenvalue weighted by Gasteiger charge is 2.45. The van der Waals surface area contributed by atoms with Gasteiger partial charge in [-0.25, -0.2) is 9.59 Å². The summed E-state index contributed by atoms with van der Waals surface area (Å²) in [7, 11) is 0. The van der Waals surface area contributed by atoms with E-state index in [1.165, 1.54) is 6.08 Å². The molecule has 10 heteroatoms. The summed E-state index contributed by atoms with van der Waals surface area (Å²) in [5.74, 6) is -1.70. The first-order chi connectivity index (χ1) is 23.6. The normalized spacial score (nSPS) is 18.9. The van der Waals surface area contributed by atoms with E-state index >= 15 is 0 Å². The van der Waals surface area contributed by atoms with Crippen LogP contribution < -0.4 is 4.74 Å². The summed E-state index contributed by atoms with van der Waals surface area (Å²) in [6, 6.07) is 22.8. The number of halogens is 2. The third-order valence-corrected chi connectivity index (χ3v) is 8.92. The van der Waals surface area contributed by atoms with Gasteiger partial charge in [-0.1, -0.05) is 68.3 Å². The zero-order valence-corrected chi connectivity index (χ0v) is 30.6. The second-order valence-electron chi connectivity index (χ2n) is 11.9. The van der Waals surface area contributed by atoms with Crippen LogP contribution in [0.25, 0.3) is 0 Å². The predicted octanol–water partition coefficient (Wildman–Crippen LogP) is 8.87. The van der Waals surface area contributed by atoms with E-state index in [4.69, 9.17) is 18.9 Å². The summed E-state index contributed by atoms with van der Waals surface area (Å²) in [5, 5.41) is 0. The molecule has 0 unspecified atom stereocenters. The summed E-state index contributed by atoms with van der Waals surface area (Å²) in [4.78, 5) is 51.4. The van der Waals surface area contributed by atoms with Crippen LogP contribution in [0.1, 0.15) is 66.7 Å². The van der Waals surface area contributed by atoms with Gasteiger partial charge in [-0.3, -0.25) is 9.59 Å². The maximum Gasteiger partial charge on any atom is 0.338 e. The number of hydrogen-bond donors (Lipinski definition) is 0. The number of carbonyl (C=O) groups is 4. The monoisotopic (exact) mass is 794 g/mol. The molecule has 0 aliphatic heterocycles. The molecule has 0 saturated heterocycles. The summed E-state index contributed by atoms with van der Waals surface area (Å²) in [6.07, 6.45) is 8.02. The maximum absolute atomic E-state index is 13.3. The first-order valence-corrected chi connectivity index (χ1v) is 17.8. The Bertz CT molecular complexity index is 1600. The van der Waals surface area contributed by atoms with E-state index in [9.17, 15) is 19.2 Å². The Morgan fingerprint density at radius 3 is 1.98 bits per heavy atom. The van der Waals surface area contributed by atoms with Crippen molar-refractivity contribution in [2.45, 2.75) is 64.3 Å². The maximum atomic E-state index is 13.3. The van der Waals surface area contributed by atoms with Crippen LogP contribution in [0, 0.1) is 11.8 Å². The Labute approximate surface area is 304 Å². The molecule has 8 nitrogen and oxygen atoms in total. The van der Waals surface area contributed by atoms with Crippen LogP contribution in [-0.4, -0.2) is 48.6 Å². The standard InChI is InChI=1S/C39H40Br2O8/c1-26(2)47-37(43)13-9-4-3-8-12-33-34(23-22-31(42)25-46-32-10-6-5-7-11-32)36(49-39(45)28-16-20-30(41)21-17-28)24-35(33)48-38(44)27-14-18-29(40)19-15-27/h3,5-8,10-11,14-23,26,33-36H,4,9,12-13,24-25H2,1-2H3/b8-3-,23-22+/t33-,34-,35+,36-/m1/s1. The molecule has 0 aromatic heterocycles. The lowest BCUT2D eigenvalue weighted by atomic mass is 9.89. The van der Waals surface area contributed by atoms with Crippen LogP contribution >= 0.6 is 31.9 Å². The SMILES string of the molecule is CC(C)OC(=O)CCC/C=C\C[C@@H]1[C@@H](/C=C/C(=O)COc2ccccc2)[C@H](OC(=O)c2ccc(Br)cc2)C[C@@H]1OC(=O)c1ccc(Br)cc1. The van der Waals surface area contributed by atoms with Crippen molar-refractivity contribution in [1.29, 1.82) is 0 Å². The fraction of sp³-hybridized carbons (Fsp3) is 0.333. The fourth-order valence-electron chi connectivity index (χ4n) is 5.50. The number of ether oxygens (including phenoxy) is 4. The molecule has 0 amide bonds. The zero-order valence-electron chi connectivity index (χ0n) is 27.5. The van der Waals surface area contributed by atoms with E-state index in [0.29, 0.717) is 42.6 Å². The van der Waals surface area contributed by atoms with Crippen LogP contribution in [0.2, 0.25) is 0 Å². The Morgan fingerprint density at radius 2 is 1.39 bits per heavy atom. The molecule has 258 valence electrons. The number of ketones is 1. The van der Waals surface area contributed by atoms with Gasteiger partial charge in [-0.2, -0.15) is 0 Å². The Balaban J connectivity index is 1.54. The van der Waals surface area contributed by atoms with E-state index in [-0.39, 0.29) is 36.8 Å². The van der Waals surface area contributed by atoms with Gasteiger partial charge in [-0.05, 0) is 99.8 Å². The van der Waals surface area contributed by atoms with E-state index in [0.717, 1.165) is 8.95 Å². The van der Waals surface area contributed by atoms with Crippen molar-refractivity contribution in [3.63, 3.8) is 0 Å². The van der Waals surface area contributed by atoms with Crippen LogP contribution in [0.15, 0.2) is 112 Å². The van der Waals surface area contributed by atoms with Crippen molar-refractivity contribution in [3.8, 4) is 5.75 Å². The van der Waals surface area contributed by atoms with Crippen molar-refractivity contribution in [2.24, 2.45) is 11.8 Å². The minimum Gasteiger partial charge on any atom is -0.485 e. The number of unbranched alkanes of at least 4 members (excludes halogenated alkanes) is 1. The quantitative estimate of drug-likeness (QED) is 0.0466. The molecular formula is C39H40Br2O8. The topological polar surface area (TPSA) is 105 Å². The fourth-order valence-corrected chi connectivity index (χ4v) is 6.03. The number of carbonyl (C=O) groups excluding carboxylic acids is 4. The minimum absolute atomic E-state index is 0.157. The molecule has 0 bridgehead atoms. The molecular weight excluding hydrogens is 756 g/mol. The van der Waals surface area contributed by atoms with Gasteiger partial charge >= 0.3 is 17.9 Å². The van der Waals surface area contributed by atoms with Crippen molar-refractivity contribution in [1.82, 2.24) is 0 Å². The molecule has 1 saturated carbocycles. The molecule has 3 aromatic carbocycles. The third-order valence-electron chi connectivity index (χ3n) is 7.86. The average molecular weight is 797 g/mol. The number of hydrogen-bond acceptors (Lipinski definition) is 8. The molecule has 4 rings (SSSR count). The highest BCUT2D eigenvalue weighted by molar-refractivity contribution is 9.10. The minimum atomic E-state index is -0.679. The number of esters is 3. The number of rotatable bonds is 16. The molecule has 3 aromatic rings. The van der Waals surface area contributed by atoms with Gasteiger partial charge in [-0.15, -0.1) is 0 Å². The van der Waals surface area contributed by atoms with E-state index in [1.807, 2.05) is 44.2 Å². The largest absolute Gasteiger partial charge is 0.485 e. The van der Waals surface area contributed by atoms with Crippen LogP contribution in [0.4, 0.5) is 0 Å². The second kappa shape index (κ2) is 19.2.